The number of nitrogens with two attached hydrogens (primary N) is 1. The number of piperidine rings is 1. The molecule has 0 aromatic heterocycles. The summed E-state index contributed by atoms with van der Waals surface area (Å²) in [5.41, 5.74) is 2.66. The molecule has 0 spiro atoms. The molecule has 3 aromatic carbocycles. The number of benzene rings is 3. The predicted molar refractivity (Wildman–Crippen MR) is 109 cm³/mol. The third-order valence-electron chi connectivity index (χ3n) is 6.49. The zero-order valence-corrected chi connectivity index (χ0v) is 16.0. The summed E-state index contributed by atoms with van der Waals surface area (Å²) in [6, 6.07) is 31.8. The molecule has 1 saturated heterocycles. The maximum Gasteiger partial charge on any atom is 0.118 e. The van der Waals surface area contributed by atoms with Gasteiger partial charge < -0.3 is 10.4 Å². The summed E-state index contributed by atoms with van der Waals surface area (Å²) in [6.45, 7) is 4.39. The van der Waals surface area contributed by atoms with Gasteiger partial charge in [0.2, 0.25) is 0 Å². The molecule has 0 bridgehead atoms. The van der Waals surface area contributed by atoms with Crippen LogP contribution in [0, 0.1) is 11.8 Å². The van der Waals surface area contributed by atoms with Crippen molar-refractivity contribution in [1.82, 2.24) is 0 Å². The summed E-state index contributed by atoms with van der Waals surface area (Å²) in [5.74, 6) is 0.162. The van der Waals surface area contributed by atoms with E-state index in [1.54, 1.807) is 0 Å². The highest BCUT2D eigenvalue weighted by molar-refractivity contribution is 5.30. The second kappa shape index (κ2) is 7.30. The van der Waals surface area contributed by atoms with Crippen molar-refractivity contribution < 1.29 is 10.4 Å². The summed E-state index contributed by atoms with van der Waals surface area (Å²) in [6.07, 6.45) is 0. The van der Waals surface area contributed by atoms with Gasteiger partial charge in [-0.25, -0.2) is 0 Å². The van der Waals surface area contributed by atoms with E-state index in [0.29, 0.717) is 0 Å². The Kier molecular flexibility index (Phi) is 4.86. The highest BCUT2D eigenvalue weighted by atomic mass is 16.3. The van der Waals surface area contributed by atoms with Gasteiger partial charge in [0.1, 0.15) is 17.7 Å². The number of hydrogen-bond donors (Lipinski definition) is 2. The minimum Gasteiger partial charge on any atom is -0.384 e. The predicted octanol–water partition coefficient (Wildman–Crippen LogP) is 4.21. The summed E-state index contributed by atoms with van der Waals surface area (Å²) in [5, 5.41) is 14.6. The fraction of sp³-hybridized carbons (Fsp3) is 0.280. The zero-order valence-electron chi connectivity index (χ0n) is 16.0. The van der Waals surface area contributed by atoms with E-state index in [2.05, 4.69) is 92.0 Å². The van der Waals surface area contributed by atoms with Crippen LogP contribution in [-0.4, -0.2) is 5.11 Å². The van der Waals surface area contributed by atoms with Crippen molar-refractivity contribution in [2.45, 2.75) is 31.5 Å². The first kappa shape index (κ1) is 18.0. The topological polar surface area (TPSA) is 36.8 Å². The van der Waals surface area contributed by atoms with Gasteiger partial charge in [-0.05, 0) is 5.56 Å². The van der Waals surface area contributed by atoms with Crippen molar-refractivity contribution in [1.29, 1.82) is 0 Å². The van der Waals surface area contributed by atoms with E-state index in [9.17, 15) is 5.11 Å². The highest BCUT2D eigenvalue weighted by Gasteiger charge is 2.54. The third-order valence-corrected chi connectivity index (χ3v) is 6.49. The van der Waals surface area contributed by atoms with Crippen LogP contribution in [0.15, 0.2) is 91.0 Å². The van der Waals surface area contributed by atoms with E-state index in [-0.39, 0.29) is 23.9 Å². The molecule has 0 radical (unpaired) electrons. The SMILES string of the molecule is CC1C(c2ccccc2)[NH2+]C(c2ccccc2)C(C)C1(O)c1ccccc1. The maximum atomic E-state index is 12.1. The molecule has 1 fully saturated rings. The Morgan fingerprint density at radius 2 is 1.00 bits per heavy atom. The molecule has 138 valence electrons. The summed E-state index contributed by atoms with van der Waals surface area (Å²) < 4.78 is 0. The van der Waals surface area contributed by atoms with Gasteiger partial charge in [0.15, 0.2) is 0 Å². The van der Waals surface area contributed by atoms with E-state index in [4.69, 9.17) is 0 Å². The monoisotopic (exact) mass is 358 g/mol. The van der Waals surface area contributed by atoms with Gasteiger partial charge in [0.05, 0.1) is 0 Å². The molecule has 0 aliphatic carbocycles. The third kappa shape index (κ3) is 3.09. The van der Waals surface area contributed by atoms with Crippen LogP contribution in [0.5, 0.6) is 0 Å². The standard InChI is InChI=1S/C25H27NO/c1-18-23(20-12-6-3-7-13-20)26-24(21-14-8-4-9-15-21)19(2)25(18,27)22-16-10-5-11-17-22/h3-19,23-24,26-27H,1-2H3/p+1. The minimum atomic E-state index is -0.892. The molecule has 4 rings (SSSR count). The summed E-state index contributed by atoms with van der Waals surface area (Å²) in [4.78, 5) is 0. The molecule has 4 atom stereocenters. The Morgan fingerprint density at radius 3 is 1.41 bits per heavy atom. The lowest BCUT2D eigenvalue weighted by Gasteiger charge is -2.49. The van der Waals surface area contributed by atoms with Crippen molar-refractivity contribution in [3.8, 4) is 0 Å². The van der Waals surface area contributed by atoms with E-state index >= 15 is 0 Å². The maximum absolute atomic E-state index is 12.1. The molecule has 3 aromatic rings. The fourth-order valence-electron chi connectivity index (χ4n) is 4.90. The molecule has 0 saturated carbocycles. The summed E-state index contributed by atoms with van der Waals surface area (Å²) >= 11 is 0. The molecule has 1 aliphatic heterocycles. The van der Waals surface area contributed by atoms with Gasteiger partial charge in [-0.2, -0.15) is 0 Å². The lowest BCUT2D eigenvalue weighted by molar-refractivity contribution is -0.765. The van der Waals surface area contributed by atoms with Gasteiger partial charge in [0.25, 0.3) is 0 Å². The number of rotatable bonds is 3. The molecule has 2 heteroatoms. The summed E-state index contributed by atoms with van der Waals surface area (Å²) in [7, 11) is 0. The van der Waals surface area contributed by atoms with Crippen LogP contribution >= 0.6 is 0 Å². The molecular formula is C25H28NO+. The van der Waals surface area contributed by atoms with Gasteiger partial charge in [-0.1, -0.05) is 105 Å². The first-order chi connectivity index (χ1) is 13.1. The van der Waals surface area contributed by atoms with Crippen molar-refractivity contribution in [2.75, 3.05) is 0 Å². The molecular weight excluding hydrogens is 330 g/mol. The van der Waals surface area contributed by atoms with Gasteiger partial charge in [-0.3, -0.25) is 0 Å². The average molecular weight is 359 g/mol. The van der Waals surface area contributed by atoms with E-state index in [1.807, 2.05) is 18.2 Å². The number of aliphatic hydroxyl groups is 1. The Morgan fingerprint density at radius 1 is 0.630 bits per heavy atom. The Labute approximate surface area is 161 Å². The van der Waals surface area contributed by atoms with E-state index < -0.39 is 5.60 Å². The lowest BCUT2D eigenvalue weighted by Crippen LogP contribution is -2.93. The van der Waals surface area contributed by atoms with E-state index in [1.165, 1.54) is 11.1 Å². The van der Waals surface area contributed by atoms with Gasteiger partial charge >= 0.3 is 0 Å². The normalized spacial score (nSPS) is 30.8. The van der Waals surface area contributed by atoms with Crippen molar-refractivity contribution in [3.05, 3.63) is 108 Å². The molecule has 1 heterocycles. The second-order valence-electron chi connectivity index (χ2n) is 7.83. The van der Waals surface area contributed by atoms with Gasteiger partial charge in [-0.15, -0.1) is 0 Å². The molecule has 0 amide bonds. The molecule has 27 heavy (non-hydrogen) atoms. The molecule has 4 unspecified atom stereocenters. The molecule has 1 aliphatic rings. The second-order valence-corrected chi connectivity index (χ2v) is 7.83. The Hall–Kier alpha value is -2.42. The zero-order chi connectivity index (χ0) is 18.9. The average Bonchev–Trinajstić information content (AvgIpc) is 2.74. The number of quaternary nitrogens is 1. The first-order valence-electron chi connectivity index (χ1n) is 9.85. The van der Waals surface area contributed by atoms with Crippen LogP contribution in [0.2, 0.25) is 0 Å². The van der Waals surface area contributed by atoms with Crippen LogP contribution in [0.4, 0.5) is 0 Å². The van der Waals surface area contributed by atoms with Crippen LogP contribution in [0.1, 0.15) is 42.6 Å². The van der Waals surface area contributed by atoms with Crippen LogP contribution in [-0.2, 0) is 5.60 Å². The fourth-order valence-corrected chi connectivity index (χ4v) is 4.90. The smallest absolute Gasteiger partial charge is 0.118 e. The molecule has 2 nitrogen and oxygen atoms in total. The van der Waals surface area contributed by atoms with Crippen LogP contribution in [0.3, 0.4) is 0 Å². The lowest BCUT2D eigenvalue weighted by atomic mass is 9.63. The largest absolute Gasteiger partial charge is 0.384 e. The van der Waals surface area contributed by atoms with Gasteiger partial charge in [0, 0.05) is 23.0 Å². The highest BCUT2D eigenvalue weighted by Crippen LogP contribution is 2.48. The van der Waals surface area contributed by atoms with Crippen molar-refractivity contribution >= 4 is 0 Å². The van der Waals surface area contributed by atoms with Crippen molar-refractivity contribution in [2.24, 2.45) is 11.8 Å². The minimum absolute atomic E-state index is 0.0808. The Balaban J connectivity index is 1.84. The Bertz CT molecular complexity index is 811. The molecule has 3 N–H and O–H groups in total. The number of hydrogen-bond acceptors (Lipinski definition) is 1. The first-order valence-corrected chi connectivity index (χ1v) is 9.85. The van der Waals surface area contributed by atoms with Crippen molar-refractivity contribution in [3.63, 3.8) is 0 Å². The van der Waals surface area contributed by atoms with Crippen LogP contribution < -0.4 is 5.32 Å². The van der Waals surface area contributed by atoms with Crippen LogP contribution in [0.25, 0.3) is 0 Å². The van der Waals surface area contributed by atoms with E-state index in [0.717, 1.165) is 5.56 Å². The quantitative estimate of drug-likeness (QED) is 0.723.